The molecule has 1 aliphatic carbocycles. The molecular weight excluding hydrogens is 264 g/mol. The number of benzene rings is 1. The number of hydrogen-bond acceptors (Lipinski definition) is 3. The molecule has 0 unspecified atom stereocenters. The minimum atomic E-state index is -0.298. The summed E-state index contributed by atoms with van der Waals surface area (Å²) in [5.41, 5.74) is 0.464. The number of nitrogens with zero attached hydrogens (tertiary/aromatic N) is 2. The van der Waals surface area contributed by atoms with Gasteiger partial charge in [0.1, 0.15) is 5.72 Å². The summed E-state index contributed by atoms with van der Waals surface area (Å²) in [6.07, 6.45) is 5.37. The summed E-state index contributed by atoms with van der Waals surface area (Å²) in [4.78, 5) is 17.9. The number of piperidine rings is 2. The molecule has 4 nitrogen and oxygen atoms in total. The molecule has 6 rings (SSSR count). The van der Waals surface area contributed by atoms with E-state index >= 15 is 0 Å². The molecule has 1 aromatic carbocycles. The molecule has 110 valence electrons. The first kappa shape index (κ1) is 12.2. The fraction of sp³-hybridized carbons (Fsp3) is 0.588. The average Bonchev–Trinajstić information content (AvgIpc) is 3.11. The number of carbonyl (C=O) groups excluding carboxylic acids is 1. The number of para-hydroxylation sites is 1. The lowest BCUT2D eigenvalue weighted by molar-refractivity contribution is -0.215. The van der Waals surface area contributed by atoms with E-state index in [0.29, 0.717) is 5.91 Å². The number of hydrogen-bond donors (Lipinski definition) is 0. The second kappa shape index (κ2) is 3.87. The van der Waals surface area contributed by atoms with Crippen molar-refractivity contribution in [2.45, 2.75) is 44.0 Å². The molecule has 21 heavy (non-hydrogen) atoms. The lowest BCUT2D eigenvalue weighted by Gasteiger charge is -2.62. The highest BCUT2D eigenvalue weighted by Crippen LogP contribution is 2.63. The van der Waals surface area contributed by atoms with Gasteiger partial charge in [0.15, 0.2) is 0 Å². The number of anilines is 1. The molecule has 0 aromatic heterocycles. The molecule has 1 saturated carbocycles. The van der Waals surface area contributed by atoms with Crippen molar-refractivity contribution in [2.24, 2.45) is 5.41 Å². The minimum absolute atomic E-state index is 0.183. The van der Waals surface area contributed by atoms with Crippen LogP contribution in [0.15, 0.2) is 30.3 Å². The lowest BCUT2D eigenvalue weighted by Crippen LogP contribution is -2.76. The number of ether oxygens (including phenoxy) is 1. The highest BCUT2D eigenvalue weighted by atomic mass is 16.5. The predicted octanol–water partition coefficient (Wildman–Crippen LogP) is 2.35. The maximum Gasteiger partial charge on any atom is 0.238 e. The maximum absolute atomic E-state index is 13.3. The van der Waals surface area contributed by atoms with Crippen molar-refractivity contribution >= 4 is 11.6 Å². The van der Waals surface area contributed by atoms with Gasteiger partial charge in [0.2, 0.25) is 5.91 Å². The second-order valence-corrected chi connectivity index (χ2v) is 6.79. The molecule has 5 aliphatic rings. The van der Waals surface area contributed by atoms with Crippen molar-refractivity contribution in [2.75, 3.05) is 18.1 Å². The van der Waals surface area contributed by atoms with Gasteiger partial charge in [-0.2, -0.15) is 0 Å². The van der Waals surface area contributed by atoms with Crippen molar-refractivity contribution in [3.63, 3.8) is 0 Å². The number of carbonyl (C=O) groups is 1. The summed E-state index contributed by atoms with van der Waals surface area (Å²) in [6.45, 7) is 1.73. The van der Waals surface area contributed by atoms with Gasteiger partial charge in [0.05, 0.1) is 18.2 Å². The first-order chi connectivity index (χ1) is 10.3. The van der Waals surface area contributed by atoms with Gasteiger partial charge in [-0.1, -0.05) is 18.2 Å². The zero-order valence-electron chi connectivity index (χ0n) is 12.1. The monoisotopic (exact) mass is 284 g/mol. The molecule has 1 amide bonds. The Morgan fingerprint density at radius 2 is 2.00 bits per heavy atom. The van der Waals surface area contributed by atoms with Crippen LogP contribution in [0.2, 0.25) is 0 Å². The third-order valence-corrected chi connectivity index (χ3v) is 6.15. The van der Waals surface area contributed by atoms with Crippen LogP contribution in [-0.2, 0) is 9.53 Å². The van der Waals surface area contributed by atoms with Crippen LogP contribution in [0.4, 0.5) is 5.69 Å². The van der Waals surface area contributed by atoms with Crippen LogP contribution >= 0.6 is 0 Å². The highest BCUT2D eigenvalue weighted by molar-refractivity contribution is 6.01. The van der Waals surface area contributed by atoms with E-state index in [0.717, 1.165) is 50.9 Å². The van der Waals surface area contributed by atoms with E-state index in [1.54, 1.807) is 0 Å². The van der Waals surface area contributed by atoms with E-state index in [1.807, 2.05) is 18.2 Å². The lowest BCUT2D eigenvalue weighted by atomic mass is 9.67. The number of fused-ring (bicyclic) bond motifs is 2. The molecule has 4 heterocycles. The average molecular weight is 284 g/mol. The van der Waals surface area contributed by atoms with Gasteiger partial charge < -0.3 is 4.74 Å². The third-order valence-electron chi connectivity index (χ3n) is 6.15. The van der Waals surface area contributed by atoms with Crippen molar-refractivity contribution in [1.29, 1.82) is 0 Å². The zero-order chi connectivity index (χ0) is 14.1. The van der Waals surface area contributed by atoms with Crippen molar-refractivity contribution in [1.82, 2.24) is 4.90 Å². The molecule has 2 spiro atoms. The minimum Gasteiger partial charge on any atom is -0.358 e. The third kappa shape index (κ3) is 1.23. The first-order valence-corrected chi connectivity index (χ1v) is 8.08. The van der Waals surface area contributed by atoms with E-state index in [4.69, 9.17) is 4.74 Å². The molecule has 4 heteroatoms. The molecule has 3 atom stereocenters. The number of amides is 1. The number of rotatable bonds is 1. The van der Waals surface area contributed by atoms with Crippen LogP contribution in [-0.4, -0.2) is 35.8 Å². The Balaban J connectivity index is 1.68. The molecule has 0 N–H and O–H groups in total. The van der Waals surface area contributed by atoms with Gasteiger partial charge in [-0.05, 0) is 44.2 Å². The quantitative estimate of drug-likeness (QED) is 0.793. The summed E-state index contributed by atoms with van der Waals surface area (Å²) in [5, 5.41) is 0. The fourth-order valence-electron chi connectivity index (χ4n) is 5.40. The van der Waals surface area contributed by atoms with Crippen LogP contribution in [0.1, 0.15) is 32.1 Å². The van der Waals surface area contributed by atoms with Crippen LogP contribution in [0.3, 0.4) is 0 Å². The van der Waals surface area contributed by atoms with Gasteiger partial charge in [-0.25, -0.2) is 0 Å². The van der Waals surface area contributed by atoms with E-state index in [-0.39, 0.29) is 17.3 Å². The van der Waals surface area contributed by atoms with Crippen molar-refractivity contribution in [3.05, 3.63) is 30.3 Å². The van der Waals surface area contributed by atoms with E-state index < -0.39 is 0 Å². The molecule has 4 saturated heterocycles. The second-order valence-electron chi connectivity index (χ2n) is 6.79. The normalized spacial score (nSPS) is 41.4. The Kier molecular flexibility index (Phi) is 2.25. The Bertz CT molecular complexity index is 600. The van der Waals surface area contributed by atoms with Gasteiger partial charge in [0.25, 0.3) is 0 Å². The zero-order valence-corrected chi connectivity index (χ0v) is 12.1. The van der Waals surface area contributed by atoms with Crippen LogP contribution < -0.4 is 4.90 Å². The smallest absolute Gasteiger partial charge is 0.238 e. The Morgan fingerprint density at radius 3 is 2.86 bits per heavy atom. The van der Waals surface area contributed by atoms with Gasteiger partial charge in [-0.3, -0.25) is 14.6 Å². The van der Waals surface area contributed by atoms with Crippen LogP contribution in [0.5, 0.6) is 0 Å². The standard InChI is InChI=1S/C17H20N2O2/c20-15-16-8-4-9-17(16)18(11-12-21-17)14(7-10-16)19(15)13-5-2-1-3-6-13/h1-3,5-6,14H,4,7-12H2/t14-,16-,17+/m1/s1. The van der Waals surface area contributed by atoms with Crippen LogP contribution in [0, 0.1) is 5.41 Å². The van der Waals surface area contributed by atoms with Gasteiger partial charge in [0, 0.05) is 12.2 Å². The molecule has 2 bridgehead atoms. The Morgan fingerprint density at radius 1 is 1.14 bits per heavy atom. The molecule has 1 aromatic rings. The first-order valence-electron chi connectivity index (χ1n) is 8.08. The van der Waals surface area contributed by atoms with Crippen LogP contribution in [0.25, 0.3) is 0 Å². The van der Waals surface area contributed by atoms with E-state index in [1.165, 1.54) is 0 Å². The predicted molar refractivity (Wildman–Crippen MR) is 78.6 cm³/mol. The summed E-state index contributed by atoms with van der Waals surface area (Å²) >= 11 is 0. The van der Waals surface area contributed by atoms with Gasteiger partial charge >= 0.3 is 0 Å². The van der Waals surface area contributed by atoms with Gasteiger partial charge in [-0.15, -0.1) is 0 Å². The SMILES string of the molecule is O=C1N(c2ccccc2)[C@@H]2CC[C@]13CCC[C@]31OCCN21. The van der Waals surface area contributed by atoms with Crippen molar-refractivity contribution < 1.29 is 9.53 Å². The molecule has 4 aliphatic heterocycles. The molecular formula is C17H20N2O2. The summed E-state index contributed by atoms with van der Waals surface area (Å²) in [6, 6.07) is 10.2. The summed E-state index contributed by atoms with van der Waals surface area (Å²) in [7, 11) is 0. The largest absolute Gasteiger partial charge is 0.358 e. The summed E-state index contributed by atoms with van der Waals surface area (Å²) in [5.74, 6) is 0.306. The topological polar surface area (TPSA) is 32.8 Å². The molecule has 5 fully saturated rings. The highest BCUT2D eigenvalue weighted by Gasteiger charge is 2.73. The molecule has 0 radical (unpaired) electrons. The van der Waals surface area contributed by atoms with E-state index in [2.05, 4.69) is 21.9 Å². The summed E-state index contributed by atoms with van der Waals surface area (Å²) < 4.78 is 6.23. The van der Waals surface area contributed by atoms with E-state index in [9.17, 15) is 4.79 Å². The maximum atomic E-state index is 13.3. The Labute approximate surface area is 124 Å². The van der Waals surface area contributed by atoms with Crippen molar-refractivity contribution in [3.8, 4) is 0 Å². The fourth-order valence-corrected chi connectivity index (χ4v) is 5.40. The Hall–Kier alpha value is -1.39.